The fraction of sp³-hybridized carbons (Fsp3) is 0.182. The summed E-state index contributed by atoms with van der Waals surface area (Å²) in [5.74, 6) is -0.0170. The Kier molecular flexibility index (Phi) is 6.76. The highest BCUT2D eigenvalue weighted by molar-refractivity contribution is 8.01. The zero-order chi connectivity index (χ0) is 20.1. The topological polar surface area (TPSA) is 42.4 Å². The minimum atomic E-state index is -1.04. The maximum absolute atomic E-state index is 14.6. The van der Waals surface area contributed by atoms with Crippen LogP contribution >= 0.6 is 23.4 Å². The number of aliphatic hydroxyl groups is 1. The molecule has 1 aromatic carbocycles. The van der Waals surface area contributed by atoms with Crippen LogP contribution in [-0.4, -0.2) is 16.3 Å². The molecule has 3 nitrogen and oxygen atoms in total. The number of hydrogen-bond donors (Lipinski definition) is 1. The van der Waals surface area contributed by atoms with Crippen molar-refractivity contribution in [3.8, 4) is 0 Å². The molecule has 1 aliphatic heterocycles. The fourth-order valence-corrected chi connectivity index (χ4v) is 3.31. The third-order valence-electron chi connectivity index (χ3n) is 4.26. The molecular weight excluding hydrogens is 397 g/mol. The van der Waals surface area contributed by atoms with Crippen molar-refractivity contribution in [1.29, 1.82) is 0 Å². The lowest BCUT2D eigenvalue weighted by atomic mass is 9.90. The fourth-order valence-electron chi connectivity index (χ4n) is 2.76. The van der Waals surface area contributed by atoms with Gasteiger partial charge in [0.25, 0.3) is 0 Å². The number of nitrogens with zero attached hydrogens (tertiary/aromatic N) is 1. The normalized spacial score (nSPS) is 16.1. The second-order valence-corrected chi connectivity index (χ2v) is 7.40. The van der Waals surface area contributed by atoms with Crippen LogP contribution in [0.4, 0.5) is 4.39 Å². The molecule has 1 N–H and O–H groups in total. The van der Waals surface area contributed by atoms with Gasteiger partial charge in [0.2, 0.25) is 0 Å². The van der Waals surface area contributed by atoms with E-state index in [1.165, 1.54) is 12.3 Å². The molecule has 0 fully saturated rings. The van der Waals surface area contributed by atoms with Gasteiger partial charge in [-0.2, -0.15) is 0 Å². The molecule has 0 saturated heterocycles. The SMILES string of the molecule is CS/C=C\C(C)C1=C=C(C(O)c2cccnc2)C(c2ccc(Cl)cc2F)=CO1. The molecule has 0 amide bonds. The van der Waals surface area contributed by atoms with E-state index < -0.39 is 11.9 Å². The van der Waals surface area contributed by atoms with Crippen LogP contribution in [0, 0.1) is 11.7 Å². The van der Waals surface area contributed by atoms with Crippen molar-refractivity contribution in [3.63, 3.8) is 0 Å². The molecule has 144 valence electrons. The first kappa shape index (κ1) is 20.4. The summed E-state index contributed by atoms with van der Waals surface area (Å²) >= 11 is 7.46. The first-order valence-electron chi connectivity index (χ1n) is 8.62. The van der Waals surface area contributed by atoms with E-state index in [-0.39, 0.29) is 11.5 Å². The summed E-state index contributed by atoms with van der Waals surface area (Å²) in [5, 5.41) is 13.2. The lowest BCUT2D eigenvalue weighted by Crippen LogP contribution is -2.10. The molecule has 0 radical (unpaired) electrons. The van der Waals surface area contributed by atoms with Crippen LogP contribution in [0.3, 0.4) is 0 Å². The molecule has 2 aromatic rings. The quantitative estimate of drug-likeness (QED) is 0.596. The van der Waals surface area contributed by atoms with E-state index >= 15 is 0 Å². The molecule has 0 saturated carbocycles. The van der Waals surface area contributed by atoms with Crippen molar-refractivity contribution in [1.82, 2.24) is 4.98 Å². The Balaban J connectivity index is 2.12. The minimum absolute atomic E-state index is 0.0589. The van der Waals surface area contributed by atoms with Crippen molar-refractivity contribution in [2.24, 2.45) is 5.92 Å². The van der Waals surface area contributed by atoms with Gasteiger partial charge in [-0.1, -0.05) is 36.4 Å². The van der Waals surface area contributed by atoms with Crippen LogP contribution in [0.1, 0.15) is 24.2 Å². The number of hydrogen-bond acceptors (Lipinski definition) is 4. The zero-order valence-electron chi connectivity index (χ0n) is 15.4. The van der Waals surface area contributed by atoms with Crippen molar-refractivity contribution >= 4 is 28.9 Å². The van der Waals surface area contributed by atoms with Crippen LogP contribution in [0.5, 0.6) is 0 Å². The first-order valence-corrected chi connectivity index (χ1v) is 10.3. The number of thioether (sulfide) groups is 1. The van der Waals surface area contributed by atoms with Gasteiger partial charge in [-0.3, -0.25) is 4.98 Å². The number of aromatic nitrogens is 1. The molecule has 2 heterocycles. The van der Waals surface area contributed by atoms with Gasteiger partial charge in [0.1, 0.15) is 18.2 Å². The summed E-state index contributed by atoms with van der Waals surface area (Å²) < 4.78 is 20.3. The van der Waals surface area contributed by atoms with Gasteiger partial charge in [-0.05, 0) is 35.9 Å². The van der Waals surface area contributed by atoms with Gasteiger partial charge >= 0.3 is 0 Å². The molecule has 6 heteroatoms. The van der Waals surface area contributed by atoms with Crippen molar-refractivity contribution in [2.45, 2.75) is 13.0 Å². The highest BCUT2D eigenvalue weighted by Gasteiger charge is 2.25. The molecule has 3 rings (SSSR count). The Morgan fingerprint density at radius 1 is 1.36 bits per heavy atom. The highest BCUT2D eigenvalue weighted by atomic mass is 35.5. The summed E-state index contributed by atoms with van der Waals surface area (Å²) in [6.07, 6.45) is 7.56. The number of pyridine rings is 1. The molecule has 1 aliphatic rings. The Morgan fingerprint density at radius 3 is 2.86 bits per heavy atom. The number of benzene rings is 1. The maximum atomic E-state index is 14.6. The second-order valence-electron chi connectivity index (χ2n) is 6.22. The minimum Gasteiger partial charge on any atom is -0.460 e. The molecule has 0 aliphatic carbocycles. The van der Waals surface area contributed by atoms with E-state index in [4.69, 9.17) is 16.3 Å². The van der Waals surface area contributed by atoms with Crippen molar-refractivity contribution in [2.75, 3.05) is 6.26 Å². The van der Waals surface area contributed by atoms with E-state index in [2.05, 4.69) is 10.7 Å². The third kappa shape index (κ3) is 4.57. The van der Waals surface area contributed by atoms with E-state index in [1.54, 1.807) is 48.4 Å². The summed E-state index contributed by atoms with van der Waals surface area (Å²) in [6, 6.07) is 7.88. The number of halogens is 2. The molecule has 28 heavy (non-hydrogen) atoms. The largest absolute Gasteiger partial charge is 0.460 e. The maximum Gasteiger partial charge on any atom is 0.152 e. The van der Waals surface area contributed by atoms with Crippen LogP contribution in [-0.2, 0) is 4.74 Å². The van der Waals surface area contributed by atoms with Gasteiger partial charge in [-0.15, -0.1) is 11.8 Å². The highest BCUT2D eigenvalue weighted by Crippen LogP contribution is 2.37. The van der Waals surface area contributed by atoms with E-state index in [9.17, 15) is 9.50 Å². The summed E-state index contributed by atoms with van der Waals surface area (Å²) in [7, 11) is 0. The van der Waals surface area contributed by atoms with Crippen LogP contribution in [0.15, 0.2) is 77.5 Å². The molecule has 0 bridgehead atoms. The zero-order valence-corrected chi connectivity index (χ0v) is 17.0. The average molecular weight is 416 g/mol. The molecule has 2 atom stereocenters. The number of ether oxygens (including phenoxy) is 1. The van der Waals surface area contributed by atoms with Gasteiger partial charge in [0, 0.05) is 45.6 Å². The van der Waals surface area contributed by atoms with Crippen molar-refractivity contribution < 1.29 is 14.2 Å². The number of aliphatic hydroxyl groups excluding tert-OH is 1. The summed E-state index contributed by atoms with van der Waals surface area (Å²) in [5.41, 5.74) is 4.85. The van der Waals surface area contributed by atoms with E-state index in [0.717, 1.165) is 0 Å². The first-order chi connectivity index (χ1) is 13.5. The molecule has 1 aromatic heterocycles. The smallest absolute Gasteiger partial charge is 0.152 e. The third-order valence-corrected chi connectivity index (χ3v) is 4.93. The second kappa shape index (κ2) is 9.26. The van der Waals surface area contributed by atoms with Gasteiger partial charge in [-0.25, -0.2) is 4.39 Å². The Bertz CT molecular complexity index is 981. The molecular formula is C22H19ClFNO2S. The standard InChI is InChI=1S/C22H19ClFNO2S/c1-14(7-9-28-2)21-11-18(22(26)15-4-3-8-25-12-15)19(13-27-21)17-6-5-16(23)10-20(17)24/h3-10,12-14,22,26H,1-2H3/b9-7-. The van der Waals surface area contributed by atoms with Gasteiger partial charge < -0.3 is 9.84 Å². The molecule has 0 spiro atoms. The van der Waals surface area contributed by atoms with Gasteiger partial charge in [0.15, 0.2) is 5.76 Å². The predicted octanol–water partition coefficient (Wildman–Crippen LogP) is 5.90. The Hall–Kier alpha value is -2.30. The van der Waals surface area contributed by atoms with Crippen LogP contribution < -0.4 is 0 Å². The van der Waals surface area contributed by atoms with E-state index in [0.29, 0.717) is 27.5 Å². The van der Waals surface area contributed by atoms with Crippen LogP contribution in [0.2, 0.25) is 5.02 Å². The predicted molar refractivity (Wildman–Crippen MR) is 112 cm³/mol. The van der Waals surface area contributed by atoms with Crippen molar-refractivity contribution in [3.05, 3.63) is 99.5 Å². The van der Waals surface area contributed by atoms with E-state index in [1.807, 2.05) is 24.7 Å². The summed E-state index contributed by atoms with van der Waals surface area (Å²) in [6.45, 7) is 1.96. The van der Waals surface area contributed by atoms with Gasteiger partial charge in [0.05, 0.1) is 0 Å². The lowest BCUT2D eigenvalue weighted by Gasteiger charge is -2.22. The lowest BCUT2D eigenvalue weighted by molar-refractivity contribution is 0.217. The summed E-state index contributed by atoms with van der Waals surface area (Å²) in [4.78, 5) is 4.06. The Morgan fingerprint density at radius 2 is 2.18 bits per heavy atom. The Labute approximate surface area is 172 Å². The number of rotatable bonds is 6. The van der Waals surface area contributed by atoms with Crippen LogP contribution in [0.25, 0.3) is 5.57 Å². The molecule has 2 unspecified atom stereocenters. The average Bonchev–Trinajstić information content (AvgIpc) is 2.72. The monoisotopic (exact) mass is 415 g/mol.